The summed E-state index contributed by atoms with van der Waals surface area (Å²) >= 11 is 0. The molecule has 4 nitrogen and oxygen atoms in total. The lowest BCUT2D eigenvalue weighted by molar-refractivity contribution is 0.194. The summed E-state index contributed by atoms with van der Waals surface area (Å²) in [7, 11) is 0. The Balaban J connectivity index is 1.46. The van der Waals surface area contributed by atoms with Crippen molar-refractivity contribution in [3.63, 3.8) is 0 Å². The Morgan fingerprint density at radius 1 is 0.960 bits per heavy atom. The number of carbonyl (C=O) groups is 1. The zero-order valence-corrected chi connectivity index (χ0v) is 15.2. The number of aryl methyl sites for hydroxylation is 2. The topological polar surface area (TPSA) is 35.6 Å². The summed E-state index contributed by atoms with van der Waals surface area (Å²) in [6.45, 7) is 8.25. The molecular formula is C21H27N3O. The maximum absolute atomic E-state index is 12.3. The number of nitrogens with one attached hydrogen (secondary N) is 1. The second kappa shape index (κ2) is 8.06. The number of amides is 2. The van der Waals surface area contributed by atoms with Crippen LogP contribution in [0.1, 0.15) is 16.7 Å². The van der Waals surface area contributed by atoms with E-state index in [0.29, 0.717) is 6.54 Å². The number of urea groups is 1. The monoisotopic (exact) mass is 337 g/mol. The van der Waals surface area contributed by atoms with E-state index < -0.39 is 0 Å². The van der Waals surface area contributed by atoms with E-state index in [-0.39, 0.29) is 6.03 Å². The zero-order chi connectivity index (χ0) is 17.6. The molecule has 25 heavy (non-hydrogen) atoms. The van der Waals surface area contributed by atoms with Crippen molar-refractivity contribution in [1.82, 2.24) is 10.2 Å². The molecule has 0 bridgehead atoms. The van der Waals surface area contributed by atoms with Crippen molar-refractivity contribution in [3.05, 3.63) is 65.2 Å². The van der Waals surface area contributed by atoms with Crippen molar-refractivity contribution in [2.75, 3.05) is 37.6 Å². The first kappa shape index (κ1) is 17.3. The fraction of sp³-hybridized carbons (Fsp3) is 0.381. The Morgan fingerprint density at radius 2 is 1.60 bits per heavy atom. The minimum absolute atomic E-state index is 0.0519. The van der Waals surface area contributed by atoms with E-state index in [0.717, 1.165) is 32.6 Å². The van der Waals surface area contributed by atoms with Gasteiger partial charge in [0, 0.05) is 38.4 Å². The van der Waals surface area contributed by atoms with E-state index in [9.17, 15) is 4.79 Å². The molecule has 2 amide bonds. The molecule has 0 radical (unpaired) electrons. The first-order valence-corrected chi connectivity index (χ1v) is 9.02. The summed E-state index contributed by atoms with van der Waals surface area (Å²) in [5.41, 5.74) is 5.09. The zero-order valence-electron chi connectivity index (χ0n) is 15.2. The molecular weight excluding hydrogens is 310 g/mol. The van der Waals surface area contributed by atoms with Gasteiger partial charge in [0.05, 0.1) is 0 Å². The molecule has 0 aromatic heterocycles. The highest BCUT2D eigenvalue weighted by atomic mass is 16.2. The van der Waals surface area contributed by atoms with Crippen molar-refractivity contribution in [3.8, 4) is 0 Å². The predicted octanol–water partition coefficient (Wildman–Crippen LogP) is 3.38. The van der Waals surface area contributed by atoms with Crippen molar-refractivity contribution in [2.45, 2.75) is 20.3 Å². The van der Waals surface area contributed by atoms with E-state index in [1.54, 1.807) is 0 Å². The van der Waals surface area contributed by atoms with Gasteiger partial charge in [-0.05, 0) is 49.1 Å². The lowest BCUT2D eigenvalue weighted by Crippen LogP contribution is -2.52. The second-order valence-corrected chi connectivity index (χ2v) is 6.79. The number of benzene rings is 2. The van der Waals surface area contributed by atoms with Crippen LogP contribution >= 0.6 is 0 Å². The average Bonchev–Trinajstić information content (AvgIpc) is 2.62. The Bertz CT molecular complexity index is 686. The Labute approximate surface area is 150 Å². The van der Waals surface area contributed by atoms with Gasteiger partial charge >= 0.3 is 6.03 Å². The number of carbonyl (C=O) groups excluding carboxylic acids is 1. The third-order valence-electron chi connectivity index (χ3n) is 4.67. The van der Waals surface area contributed by atoms with Crippen LogP contribution in [0.2, 0.25) is 0 Å². The number of anilines is 1. The normalized spacial score (nSPS) is 14.5. The number of nitrogens with zero attached hydrogens (tertiary/aromatic N) is 2. The van der Waals surface area contributed by atoms with Crippen LogP contribution in [0.5, 0.6) is 0 Å². The minimum Gasteiger partial charge on any atom is -0.368 e. The highest BCUT2D eigenvalue weighted by molar-refractivity contribution is 5.74. The molecule has 0 saturated carbocycles. The van der Waals surface area contributed by atoms with Gasteiger partial charge in [-0.25, -0.2) is 4.79 Å². The van der Waals surface area contributed by atoms with Crippen LogP contribution < -0.4 is 10.2 Å². The first-order chi connectivity index (χ1) is 12.1. The van der Waals surface area contributed by atoms with Crippen LogP contribution in [0.4, 0.5) is 10.5 Å². The highest BCUT2D eigenvalue weighted by Crippen LogP contribution is 2.20. The molecule has 0 atom stereocenters. The molecule has 1 fully saturated rings. The molecule has 1 N–H and O–H groups in total. The van der Waals surface area contributed by atoms with Gasteiger partial charge in [-0.3, -0.25) is 0 Å². The number of hydrogen-bond acceptors (Lipinski definition) is 2. The van der Waals surface area contributed by atoms with Gasteiger partial charge in [-0.2, -0.15) is 0 Å². The molecule has 4 heteroatoms. The first-order valence-electron chi connectivity index (χ1n) is 9.02. The Kier molecular flexibility index (Phi) is 5.59. The lowest BCUT2D eigenvalue weighted by atomic mass is 10.1. The molecule has 0 aliphatic carbocycles. The number of piperazine rings is 1. The molecule has 2 aromatic rings. The maximum Gasteiger partial charge on any atom is 0.317 e. The van der Waals surface area contributed by atoms with Crippen molar-refractivity contribution >= 4 is 11.7 Å². The Hall–Kier alpha value is -2.49. The van der Waals surface area contributed by atoms with Crippen LogP contribution in [-0.4, -0.2) is 43.7 Å². The molecule has 2 aromatic carbocycles. The molecule has 1 aliphatic heterocycles. The molecule has 0 unspecified atom stereocenters. The SMILES string of the molecule is Cc1cc(C)cc(N2CCN(C(=O)NCCc3ccccc3)CC2)c1. The van der Waals surface area contributed by atoms with Crippen LogP contribution in [0.3, 0.4) is 0 Å². The molecule has 1 aliphatic rings. The number of hydrogen-bond donors (Lipinski definition) is 1. The summed E-state index contributed by atoms with van der Waals surface area (Å²) in [6, 6.07) is 17.0. The standard InChI is InChI=1S/C21H27N3O/c1-17-14-18(2)16-20(15-17)23-10-12-24(13-11-23)21(25)22-9-8-19-6-4-3-5-7-19/h3-7,14-16H,8-13H2,1-2H3,(H,22,25). The Morgan fingerprint density at radius 3 is 2.24 bits per heavy atom. The van der Waals surface area contributed by atoms with Crippen molar-refractivity contribution in [1.29, 1.82) is 0 Å². The molecule has 132 valence electrons. The van der Waals surface area contributed by atoms with E-state index >= 15 is 0 Å². The van der Waals surface area contributed by atoms with Crippen LogP contribution in [0.15, 0.2) is 48.5 Å². The average molecular weight is 337 g/mol. The van der Waals surface area contributed by atoms with E-state index in [4.69, 9.17) is 0 Å². The van der Waals surface area contributed by atoms with Crippen LogP contribution in [0.25, 0.3) is 0 Å². The summed E-state index contributed by atoms with van der Waals surface area (Å²) in [5.74, 6) is 0. The highest BCUT2D eigenvalue weighted by Gasteiger charge is 2.21. The van der Waals surface area contributed by atoms with Gasteiger partial charge in [0.2, 0.25) is 0 Å². The van der Waals surface area contributed by atoms with Gasteiger partial charge in [0.15, 0.2) is 0 Å². The molecule has 3 rings (SSSR count). The van der Waals surface area contributed by atoms with Crippen molar-refractivity contribution in [2.24, 2.45) is 0 Å². The fourth-order valence-electron chi connectivity index (χ4n) is 3.37. The van der Waals surface area contributed by atoms with Crippen LogP contribution in [0, 0.1) is 13.8 Å². The van der Waals surface area contributed by atoms with Gasteiger partial charge < -0.3 is 15.1 Å². The second-order valence-electron chi connectivity index (χ2n) is 6.79. The minimum atomic E-state index is 0.0519. The third-order valence-corrected chi connectivity index (χ3v) is 4.67. The molecule has 0 spiro atoms. The van der Waals surface area contributed by atoms with Gasteiger partial charge in [-0.1, -0.05) is 36.4 Å². The van der Waals surface area contributed by atoms with E-state index in [1.807, 2.05) is 23.1 Å². The largest absolute Gasteiger partial charge is 0.368 e. The predicted molar refractivity (Wildman–Crippen MR) is 103 cm³/mol. The summed E-state index contributed by atoms with van der Waals surface area (Å²) in [4.78, 5) is 16.6. The maximum atomic E-state index is 12.3. The summed E-state index contributed by atoms with van der Waals surface area (Å²) < 4.78 is 0. The van der Waals surface area contributed by atoms with Crippen molar-refractivity contribution < 1.29 is 4.79 Å². The number of rotatable bonds is 4. The quantitative estimate of drug-likeness (QED) is 0.928. The third kappa shape index (κ3) is 4.75. The fourth-order valence-corrected chi connectivity index (χ4v) is 3.37. The summed E-state index contributed by atoms with van der Waals surface area (Å²) in [6.07, 6.45) is 0.870. The van der Waals surface area contributed by atoms with Gasteiger partial charge in [0.1, 0.15) is 0 Å². The van der Waals surface area contributed by atoms with E-state index in [1.165, 1.54) is 22.4 Å². The lowest BCUT2D eigenvalue weighted by Gasteiger charge is -2.36. The van der Waals surface area contributed by atoms with Crippen LogP contribution in [-0.2, 0) is 6.42 Å². The van der Waals surface area contributed by atoms with E-state index in [2.05, 4.69) is 54.4 Å². The smallest absolute Gasteiger partial charge is 0.317 e. The van der Waals surface area contributed by atoms with Gasteiger partial charge in [0.25, 0.3) is 0 Å². The molecule has 1 heterocycles. The molecule has 1 saturated heterocycles. The summed E-state index contributed by atoms with van der Waals surface area (Å²) in [5, 5.41) is 3.04. The van der Waals surface area contributed by atoms with Gasteiger partial charge in [-0.15, -0.1) is 0 Å².